The van der Waals surface area contributed by atoms with Gasteiger partial charge in [0.1, 0.15) is 4.90 Å². The van der Waals surface area contributed by atoms with Crippen LogP contribution in [0.3, 0.4) is 0 Å². The van der Waals surface area contributed by atoms with Gasteiger partial charge in [-0.25, -0.2) is 0 Å². The summed E-state index contributed by atoms with van der Waals surface area (Å²) in [6.45, 7) is 5.69. The van der Waals surface area contributed by atoms with Crippen LogP contribution in [0.4, 0.5) is 5.69 Å². The summed E-state index contributed by atoms with van der Waals surface area (Å²) in [6.07, 6.45) is 0. The minimum Gasteiger partial charge on any atom is -0.333 e. The molecule has 0 aromatic heterocycles. The number of hydrogen-bond acceptors (Lipinski definition) is 4. The van der Waals surface area contributed by atoms with Gasteiger partial charge in [-0.05, 0) is 36.8 Å². The van der Waals surface area contributed by atoms with Gasteiger partial charge in [0, 0.05) is 0 Å². The molecule has 92 valence electrons. The van der Waals surface area contributed by atoms with Crippen molar-refractivity contribution in [3.8, 4) is 0 Å². The molecule has 1 aromatic carbocycles. The average molecular weight is 270 g/mol. The smallest absolute Gasteiger partial charge is 0.287 e. The first kappa shape index (κ1) is 12.4. The minimum absolute atomic E-state index is 0.295. The zero-order valence-corrected chi connectivity index (χ0v) is 11.6. The van der Waals surface area contributed by atoms with E-state index in [1.54, 1.807) is 6.92 Å². The van der Waals surface area contributed by atoms with E-state index in [2.05, 4.69) is 9.71 Å². The van der Waals surface area contributed by atoms with Crippen LogP contribution >= 0.6 is 11.8 Å². The van der Waals surface area contributed by atoms with Gasteiger partial charge in [0.15, 0.2) is 5.17 Å². The second-order valence-corrected chi connectivity index (χ2v) is 6.68. The molecule has 0 spiro atoms. The molecule has 0 unspecified atom stereocenters. The molecular formula is C11H14N2O2S2. The lowest BCUT2D eigenvalue weighted by Gasteiger charge is -2.19. The third-order valence-electron chi connectivity index (χ3n) is 2.40. The first-order valence-electron chi connectivity index (χ1n) is 5.30. The van der Waals surface area contributed by atoms with Gasteiger partial charge < -0.3 is 5.32 Å². The zero-order valence-electron chi connectivity index (χ0n) is 9.94. The van der Waals surface area contributed by atoms with E-state index in [1.807, 2.05) is 26.0 Å². The van der Waals surface area contributed by atoms with Gasteiger partial charge in [0.25, 0.3) is 10.0 Å². The molecule has 0 atom stereocenters. The zero-order chi connectivity index (χ0) is 12.6. The van der Waals surface area contributed by atoms with Crippen molar-refractivity contribution in [2.24, 2.45) is 4.40 Å². The molecule has 0 saturated heterocycles. The Morgan fingerprint density at radius 1 is 1.35 bits per heavy atom. The fraction of sp³-hybridized carbons (Fsp3) is 0.364. The number of aryl methyl sites for hydroxylation is 2. The predicted octanol–water partition coefficient (Wildman–Crippen LogP) is 2.53. The van der Waals surface area contributed by atoms with Crippen molar-refractivity contribution in [1.29, 1.82) is 0 Å². The normalized spacial score (nSPS) is 17.0. The van der Waals surface area contributed by atoms with Gasteiger partial charge in [-0.1, -0.05) is 24.8 Å². The first-order chi connectivity index (χ1) is 7.94. The molecule has 1 aromatic rings. The van der Waals surface area contributed by atoms with E-state index < -0.39 is 10.0 Å². The van der Waals surface area contributed by atoms with Crippen LogP contribution in [0.1, 0.15) is 18.1 Å². The molecule has 1 N–H and O–H groups in total. The largest absolute Gasteiger partial charge is 0.333 e. The standard InChI is InChI=1S/C11H14N2O2S2/c1-4-16-11-12-9-6-7(2)5-8(3)10(9)17(14,15)13-11/h5-6H,4H2,1-3H3,(H,12,13). The molecular weight excluding hydrogens is 256 g/mol. The highest BCUT2D eigenvalue weighted by Gasteiger charge is 2.26. The molecule has 2 rings (SSSR count). The summed E-state index contributed by atoms with van der Waals surface area (Å²) >= 11 is 1.39. The Labute approximate surface area is 106 Å². The lowest BCUT2D eigenvalue weighted by molar-refractivity contribution is 0.597. The summed E-state index contributed by atoms with van der Waals surface area (Å²) in [5.74, 6) is 0.779. The SMILES string of the molecule is CCSC1=NS(=O)(=O)c2c(C)cc(C)cc2N1. The summed E-state index contributed by atoms with van der Waals surface area (Å²) < 4.78 is 27.9. The molecule has 0 radical (unpaired) electrons. The fourth-order valence-corrected chi connectivity index (χ4v) is 4.05. The van der Waals surface area contributed by atoms with Crippen LogP contribution in [0.5, 0.6) is 0 Å². The summed E-state index contributed by atoms with van der Waals surface area (Å²) in [7, 11) is -3.56. The van der Waals surface area contributed by atoms with E-state index >= 15 is 0 Å². The molecule has 0 aliphatic carbocycles. The number of hydrogen-bond donors (Lipinski definition) is 1. The van der Waals surface area contributed by atoms with Crippen molar-refractivity contribution >= 4 is 32.6 Å². The van der Waals surface area contributed by atoms with Crippen LogP contribution in [0.25, 0.3) is 0 Å². The van der Waals surface area contributed by atoms with Crippen LogP contribution in [-0.4, -0.2) is 19.3 Å². The predicted molar refractivity (Wildman–Crippen MR) is 72.3 cm³/mol. The van der Waals surface area contributed by atoms with Crippen molar-refractivity contribution in [2.75, 3.05) is 11.1 Å². The minimum atomic E-state index is -3.56. The van der Waals surface area contributed by atoms with Crippen LogP contribution in [0.15, 0.2) is 21.4 Å². The number of amidine groups is 1. The number of sulfonamides is 1. The molecule has 1 aliphatic heterocycles. The number of fused-ring (bicyclic) bond motifs is 1. The maximum Gasteiger partial charge on any atom is 0.287 e. The Hall–Kier alpha value is -1.01. The number of anilines is 1. The molecule has 0 fully saturated rings. The van der Waals surface area contributed by atoms with Crippen molar-refractivity contribution in [3.05, 3.63) is 23.3 Å². The molecule has 0 saturated carbocycles. The highest BCUT2D eigenvalue weighted by Crippen LogP contribution is 2.33. The fourth-order valence-electron chi connectivity index (χ4n) is 1.88. The van der Waals surface area contributed by atoms with E-state index in [9.17, 15) is 8.42 Å². The topological polar surface area (TPSA) is 58.5 Å². The quantitative estimate of drug-likeness (QED) is 0.852. The number of rotatable bonds is 1. The van der Waals surface area contributed by atoms with E-state index in [4.69, 9.17) is 0 Å². The third kappa shape index (κ3) is 2.32. The van der Waals surface area contributed by atoms with Crippen LogP contribution < -0.4 is 5.32 Å². The van der Waals surface area contributed by atoms with Gasteiger partial charge >= 0.3 is 0 Å². The molecule has 1 aliphatic rings. The van der Waals surface area contributed by atoms with Crippen LogP contribution in [-0.2, 0) is 10.0 Å². The van der Waals surface area contributed by atoms with Gasteiger partial charge in [0.05, 0.1) is 5.69 Å². The summed E-state index contributed by atoms with van der Waals surface area (Å²) in [5, 5.41) is 3.52. The highest BCUT2D eigenvalue weighted by atomic mass is 32.2. The van der Waals surface area contributed by atoms with Gasteiger partial charge in [-0.2, -0.15) is 8.42 Å². The van der Waals surface area contributed by atoms with Gasteiger partial charge in [-0.3, -0.25) is 0 Å². The Morgan fingerprint density at radius 3 is 2.71 bits per heavy atom. The van der Waals surface area contributed by atoms with Gasteiger partial charge in [-0.15, -0.1) is 4.40 Å². The maximum atomic E-state index is 12.0. The second-order valence-electron chi connectivity index (χ2n) is 3.89. The Bertz CT molecular complexity index is 592. The van der Waals surface area contributed by atoms with Crippen molar-refractivity contribution < 1.29 is 8.42 Å². The summed E-state index contributed by atoms with van der Waals surface area (Å²) in [6, 6.07) is 3.69. The molecule has 0 bridgehead atoms. The van der Waals surface area contributed by atoms with Crippen molar-refractivity contribution in [2.45, 2.75) is 25.7 Å². The molecule has 1 heterocycles. The average Bonchev–Trinajstić information content (AvgIpc) is 2.13. The molecule has 4 nitrogen and oxygen atoms in total. The monoisotopic (exact) mass is 270 g/mol. The lowest BCUT2D eigenvalue weighted by Crippen LogP contribution is -2.20. The maximum absolute atomic E-state index is 12.0. The number of nitrogens with zero attached hydrogens (tertiary/aromatic N) is 1. The van der Waals surface area contributed by atoms with E-state index in [-0.39, 0.29) is 0 Å². The summed E-state index contributed by atoms with van der Waals surface area (Å²) in [5.41, 5.74) is 2.40. The van der Waals surface area contributed by atoms with Crippen LogP contribution in [0, 0.1) is 13.8 Å². The van der Waals surface area contributed by atoms with E-state index in [0.717, 1.165) is 16.9 Å². The van der Waals surface area contributed by atoms with Crippen LogP contribution in [0.2, 0.25) is 0 Å². The molecule has 0 amide bonds. The Balaban J connectivity index is 2.61. The second kappa shape index (κ2) is 4.34. The molecule has 17 heavy (non-hydrogen) atoms. The number of benzene rings is 1. The van der Waals surface area contributed by atoms with Crippen molar-refractivity contribution in [3.63, 3.8) is 0 Å². The van der Waals surface area contributed by atoms with Crippen molar-refractivity contribution in [1.82, 2.24) is 0 Å². The number of thioether (sulfide) groups is 1. The lowest BCUT2D eigenvalue weighted by atomic mass is 10.1. The third-order valence-corrected chi connectivity index (χ3v) is 4.75. The first-order valence-corrected chi connectivity index (χ1v) is 7.72. The Morgan fingerprint density at radius 2 is 2.06 bits per heavy atom. The highest BCUT2D eigenvalue weighted by molar-refractivity contribution is 8.14. The van der Waals surface area contributed by atoms with E-state index in [0.29, 0.717) is 15.8 Å². The van der Waals surface area contributed by atoms with Gasteiger partial charge in [0.2, 0.25) is 0 Å². The molecule has 6 heteroatoms. The Kier molecular flexibility index (Phi) is 3.18. The summed E-state index contributed by atoms with van der Waals surface area (Å²) in [4.78, 5) is 0.295. The number of nitrogens with one attached hydrogen (secondary N) is 1. The van der Waals surface area contributed by atoms with E-state index in [1.165, 1.54) is 11.8 Å².